The Kier molecular flexibility index (Phi) is 4.39. The van der Waals surface area contributed by atoms with Gasteiger partial charge in [-0.3, -0.25) is 10.5 Å². The number of aromatic amines is 1. The Bertz CT molecular complexity index is 770. The third-order valence-electron chi connectivity index (χ3n) is 3.38. The topological polar surface area (TPSA) is 90.3 Å². The van der Waals surface area contributed by atoms with E-state index in [4.69, 9.17) is 12.2 Å². The zero-order valence-electron chi connectivity index (χ0n) is 11.7. The molecule has 2 heterocycles. The van der Waals surface area contributed by atoms with Crippen molar-refractivity contribution in [3.8, 4) is 5.75 Å². The summed E-state index contributed by atoms with van der Waals surface area (Å²) >= 11 is 8.59. The van der Waals surface area contributed by atoms with Crippen LogP contribution in [-0.2, 0) is 0 Å². The Labute approximate surface area is 140 Å². The van der Waals surface area contributed by atoms with Gasteiger partial charge in [-0.1, -0.05) is 15.9 Å². The van der Waals surface area contributed by atoms with Crippen LogP contribution in [0.5, 0.6) is 5.75 Å². The van der Waals surface area contributed by atoms with Gasteiger partial charge in [-0.2, -0.15) is 14.9 Å². The molecule has 1 aromatic heterocycles. The largest absolute Gasteiger partial charge is 0.507 e. The lowest BCUT2D eigenvalue weighted by Gasteiger charge is -2.07. The van der Waals surface area contributed by atoms with Gasteiger partial charge in [-0.05, 0) is 43.8 Å². The summed E-state index contributed by atoms with van der Waals surface area (Å²) < 4.78 is 2.83. The van der Waals surface area contributed by atoms with Gasteiger partial charge in [0.1, 0.15) is 5.75 Å². The number of hydrogen-bond acceptors (Lipinski definition) is 6. The molecule has 1 aliphatic heterocycles. The zero-order chi connectivity index (χ0) is 15.7. The van der Waals surface area contributed by atoms with Crippen molar-refractivity contribution in [2.75, 3.05) is 0 Å². The number of H-pyrrole nitrogens is 1. The standard InChI is InChI=1S/C13H15BrN6OS/c1-7-4-10(17-16-7)12-18-19-13(22)20(12)15-6-8-5-9(14)2-3-11(8)21/h2-3,5-7,10,16-17,21H,4H2,1H3,(H,19,22)/b15-6+. The molecule has 0 amide bonds. The SMILES string of the molecule is CC1CC(c2n[nH]c(=S)n2/N=C/c2cc(Br)ccc2O)NN1. The molecule has 1 saturated heterocycles. The first kappa shape index (κ1) is 15.3. The van der Waals surface area contributed by atoms with E-state index < -0.39 is 0 Å². The number of aromatic nitrogens is 3. The number of hydrazine groups is 1. The minimum Gasteiger partial charge on any atom is -0.507 e. The molecule has 116 valence electrons. The van der Waals surface area contributed by atoms with E-state index in [2.05, 4.69) is 49.0 Å². The summed E-state index contributed by atoms with van der Waals surface area (Å²) in [5, 5.41) is 21.2. The average molecular weight is 383 g/mol. The molecule has 0 aliphatic carbocycles. The molecule has 1 aromatic carbocycles. The van der Waals surface area contributed by atoms with Gasteiger partial charge in [-0.15, -0.1) is 0 Å². The predicted molar refractivity (Wildman–Crippen MR) is 89.3 cm³/mol. The Hall–Kier alpha value is -1.55. The minimum atomic E-state index is 0.0243. The fourth-order valence-electron chi connectivity index (χ4n) is 2.27. The van der Waals surface area contributed by atoms with Gasteiger partial charge in [0.2, 0.25) is 4.77 Å². The number of phenols is 1. The molecule has 2 aromatic rings. The van der Waals surface area contributed by atoms with Crippen LogP contribution >= 0.6 is 28.1 Å². The Balaban J connectivity index is 1.92. The first-order valence-electron chi connectivity index (χ1n) is 6.76. The number of aromatic hydroxyl groups is 1. The van der Waals surface area contributed by atoms with Gasteiger partial charge in [-0.25, -0.2) is 5.43 Å². The molecule has 2 unspecified atom stereocenters. The highest BCUT2D eigenvalue weighted by Crippen LogP contribution is 2.22. The van der Waals surface area contributed by atoms with Crippen molar-refractivity contribution in [1.82, 2.24) is 25.7 Å². The molecule has 7 nitrogen and oxygen atoms in total. The third-order valence-corrected chi connectivity index (χ3v) is 4.14. The highest BCUT2D eigenvalue weighted by atomic mass is 79.9. The second-order valence-corrected chi connectivity index (χ2v) is 6.43. The summed E-state index contributed by atoms with van der Waals surface area (Å²) in [6, 6.07) is 5.51. The summed E-state index contributed by atoms with van der Waals surface area (Å²) in [7, 11) is 0. The lowest BCUT2D eigenvalue weighted by Crippen LogP contribution is -2.29. The molecule has 1 fully saturated rings. The maximum absolute atomic E-state index is 9.86. The van der Waals surface area contributed by atoms with Crippen molar-refractivity contribution in [3.63, 3.8) is 0 Å². The highest BCUT2D eigenvalue weighted by molar-refractivity contribution is 9.10. The molecule has 9 heteroatoms. The maximum atomic E-state index is 9.86. The summed E-state index contributed by atoms with van der Waals surface area (Å²) in [5.74, 6) is 0.852. The van der Waals surface area contributed by atoms with Gasteiger partial charge >= 0.3 is 0 Å². The highest BCUT2D eigenvalue weighted by Gasteiger charge is 2.26. The number of nitrogens with zero attached hydrogens (tertiary/aromatic N) is 3. The van der Waals surface area contributed by atoms with Crippen LogP contribution in [0.25, 0.3) is 0 Å². The summed E-state index contributed by atoms with van der Waals surface area (Å²) in [5.41, 5.74) is 6.90. The number of benzene rings is 1. The fraction of sp³-hybridized carbons (Fsp3) is 0.308. The Morgan fingerprint density at radius 2 is 2.32 bits per heavy atom. The van der Waals surface area contributed by atoms with Crippen molar-refractivity contribution >= 4 is 34.4 Å². The van der Waals surface area contributed by atoms with E-state index in [0.29, 0.717) is 22.2 Å². The van der Waals surface area contributed by atoms with Crippen molar-refractivity contribution in [2.45, 2.75) is 25.4 Å². The zero-order valence-corrected chi connectivity index (χ0v) is 14.1. The Morgan fingerprint density at radius 3 is 3.05 bits per heavy atom. The second kappa shape index (κ2) is 6.29. The van der Waals surface area contributed by atoms with Crippen molar-refractivity contribution < 1.29 is 5.11 Å². The lowest BCUT2D eigenvalue weighted by atomic mass is 10.1. The predicted octanol–water partition coefficient (Wildman–Crippen LogP) is 2.22. The molecule has 2 atom stereocenters. The number of rotatable bonds is 3. The van der Waals surface area contributed by atoms with Gasteiger partial charge in [0.25, 0.3) is 0 Å². The molecule has 22 heavy (non-hydrogen) atoms. The Morgan fingerprint density at radius 1 is 1.50 bits per heavy atom. The smallest absolute Gasteiger partial charge is 0.216 e. The third kappa shape index (κ3) is 3.12. The van der Waals surface area contributed by atoms with E-state index in [1.165, 1.54) is 0 Å². The first-order chi connectivity index (χ1) is 10.5. The summed E-state index contributed by atoms with van der Waals surface area (Å²) in [6.07, 6.45) is 2.44. The van der Waals surface area contributed by atoms with Gasteiger partial charge in [0.05, 0.1) is 12.3 Å². The lowest BCUT2D eigenvalue weighted by molar-refractivity contribution is 0.474. The fourth-order valence-corrected chi connectivity index (χ4v) is 2.84. The van der Waals surface area contributed by atoms with Crippen molar-refractivity contribution in [2.24, 2.45) is 5.10 Å². The maximum Gasteiger partial charge on any atom is 0.216 e. The van der Waals surface area contributed by atoms with Crippen LogP contribution in [-0.4, -0.2) is 32.2 Å². The van der Waals surface area contributed by atoms with Crippen LogP contribution in [0.1, 0.15) is 30.8 Å². The van der Waals surface area contributed by atoms with Crippen LogP contribution in [0.15, 0.2) is 27.8 Å². The molecular weight excluding hydrogens is 368 g/mol. The van der Waals surface area contributed by atoms with Crippen molar-refractivity contribution in [1.29, 1.82) is 0 Å². The van der Waals surface area contributed by atoms with Crippen LogP contribution in [0, 0.1) is 4.77 Å². The molecular formula is C13H15BrN6OS. The van der Waals surface area contributed by atoms with E-state index in [-0.39, 0.29) is 11.8 Å². The van der Waals surface area contributed by atoms with Crippen LogP contribution < -0.4 is 10.9 Å². The first-order valence-corrected chi connectivity index (χ1v) is 7.96. The van der Waals surface area contributed by atoms with Crippen LogP contribution in [0.4, 0.5) is 0 Å². The van der Waals surface area contributed by atoms with E-state index >= 15 is 0 Å². The molecule has 1 aliphatic rings. The minimum absolute atomic E-state index is 0.0243. The molecule has 0 saturated carbocycles. The normalized spacial score (nSPS) is 21.7. The van der Waals surface area contributed by atoms with E-state index in [1.54, 1.807) is 29.1 Å². The van der Waals surface area contributed by atoms with Gasteiger partial charge in [0.15, 0.2) is 5.82 Å². The van der Waals surface area contributed by atoms with Gasteiger partial charge < -0.3 is 5.11 Å². The molecule has 4 N–H and O–H groups in total. The van der Waals surface area contributed by atoms with Gasteiger partial charge in [0, 0.05) is 16.1 Å². The molecule has 0 spiro atoms. The van der Waals surface area contributed by atoms with E-state index in [9.17, 15) is 5.11 Å². The summed E-state index contributed by atoms with van der Waals surface area (Å²) in [4.78, 5) is 0. The summed E-state index contributed by atoms with van der Waals surface area (Å²) in [6.45, 7) is 2.08. The van der Waals surface area contributed by atoms with Crippen LogP contribution in [0.2, 0.25) is 0 Å². The molecule has 0 radical (unpaired) electrons. The van der Waals surface area contributed by atoms with E-state index in [0.717, 1.165) is 10.9 Å². The average Bonchev–Trinajstić information content (AvgIpc) is 3.06. The monoisotopic (exact) mass is 382 g/mol. The quantitative estimate of drug-likeness (QED) is 0.482. The number of nitrogens with one attached hydrogen (secondary N) is 3. The molecule has 0 bridgehead atoms. The van der Waals surface area contributed by atoms with Crippen molar-refractivity contribution in [3.05, 3.63) is 38.8 Å². The van der Waals surface area contributed by atoms with Crippen LogP contribution in [0.3, 0.4) is 0 Å². The number of hydrogen-bond donors (Lipinski definition) is 4. The molecule has 3 rings (SSSR count). The van der Waals surface area contributed by atoms with E-state index in [1.807, 2.05) is 0 Å². The second-order valence-electron chi connectivity index (χ2n) is 5.12. The number of halogens is 1. The number of phenolic OH excluding ortho intramolecular Hbond substituents is 1.